The van der Waals surface area contributed by atoms with Crippen LogP contribution in [0.2, 0.25) is 0 Å². The molecule has 0 amide bonds. The first-order valence-corrected chi connectivity index (χ1v) is 8.80. The van der Waals surface area contributed by atoms with Gasteiger partial charge in [0, 0.05) is 12.6 Å². The van der Waals surface area contributed by atoms with E-state index in [1.807, 2.05) is 30.7 Å². The number of hydrogen-bond donors (Lipinski definition) is 1. The van der Waals surface area contributed by atoms with E-state index >= 15 is 0 Å². The van der Waals surface area contributed by atoms with Crippen molar-refractivity contribution in [3.8, 4) is 5.75 Å². The highest BCUT2D eigenvalue weighted by Gasteiger charge is 2.14. The summed E-state index contributed by atoms with van der Waals surface area (Å²) >= 11 is 5.17. The lowest BCUT2D eigenvalue weighted by molar-refractivity contribution is 0.307. The fraction of sp³-hybridized carbons (Fsp3) is 0.300. The predicted octanol–water partition coefficient (Wildman–Crippen LogP) is 3.97. The van der Waals surface area contributed by atoms with Crippen molar-refractivity contribution in [2.24, 2.45) is 12.8 Å². The van der Waals surface area contributed by atoms with E-state index in [0.717, 1.165) is 28.8 Å². The molecule has 5 heteroatoms. The van der Waals surface area contributed by atoms with Gasteiger partial charge in [-0.1, -0.05) is 37.3 Å². The molecule has 25 heavy (non-hydrogen) atoms. The molecular weight excluding hydrogens is 330 g/mol. The third kappa shape index (κ3) is 3.24. The van der Waals surface area contributed by atoms with Gasteiger partial charge in [-0.3, -0.25) is 0 Å². The summed E-state index contributed by atoms with van der Waals surface area (Å²) in [6.07, 6.45) is 0.978. The molecule has 0 unspecified atom stereocenters. The van der Waals surface area contributed by atoms with Crippen molar-refractivity contribution in [3.05, 3.63) is 58.4 Å². The Hall–Kier alpha value is -2.40. The molecule has 0 aliphatic rings. The first-order chi connectivity index (χ1) is 11.9. The molecule has 130 valence electrons. The maximum atomic E-state index is 6.20. The number of rotatable bonds is 5. The van der Waals surface area contributed by atoms with Gasteiger partial charge in [-0.25, -0.2) is 4.98 Å². The SMILES string of the molecule is CCc1cccc(C)c1COc1cc(C(N)=S)cc2c1nc(C)n2C. The number of aromatic nitrogens is 2. The molecule has 0 bridgehead atoms. The number of ether oxygens (including phenoxy) is 1. The van der Waals surface area contributed by atoms with E-state index in [1.54, 1.807) is 0 Å². The zero-order valence-corrected chi connectivity index (χ0v) is 15.9. The van der Waals surface area contributed by atoms with Crippen LogP contribution < -0.4 is 10.5 Å². The van der Waals surface area contributed by atoms with Gasteiger partial charge in [-0.15, -0.1) is 0 Å². The molecular formula is C20H23N3OS. The summed E-state index contributed by atoms with van der Waals surface area (Å²) in [7, 11) is 1.98. The smallest absolute Gasteiger partial charge is 0.148 e. The van der Waals surface area contributed by atoms with Crippen LogP contribution >= 0.6 is 12.2 Å². The zero-order valence-electron chi connectivity index (χ0n) is 15.1. The van der Waals surface area contributed by atoms with E-state index in [4.69, 9.17) is 22.7 Å². The largest absolute Gasteiger partial charge is 0.487 e. The fourth-order valence-corrected chi connectivity index (χ4v) is 3.19. The minimum absolute atomic E-state index is 0.357. The molecule has 2 N–H and O–H groups in total. The van der Waals surface area contributed by atoms with E-state index in [1.165, 1.54) is 16.7 Å². The van der Waals surface area contributed by atoms with Crippen LogP contribution in [0.15, 0.2) is 30.3 Å². The average molecular weight is 353 g/mol. The Labute approximate surface area is 153 Å². The molecule has 0 aliphatic heterocycles. The van der Waals surface area contributed by atoms with Gasteiger partial charge in [0.2, 0.25) is 0 Å². The first kappa shape index (κ1) is 17.4. The van der Waals surface area contributed by atoms with Gasteiger partial charge < -0.3 is 15.0 Å². The van der Waals surface area contributed by atoms with Crippen LogP contribution in [0.25, 0.3) is 11.0 Å². The normalized spacial score (nSPS) is 11.0. The standard InChI is InChI=1S/C20H23N3OS/c1-5-14-8-6-7-12(2)16(14)11-24-18-10-15(20(21)25)9-17-19(18)22-13(3)23(17)4/h6-10H,5,11H2,1-4H3,(H2,21,25). The molecule has 3 aromatic rings. The summed E-state index contributed by atoms with van der Waals surface area (Å²) in [6.45, 7) is 6.75. The molecule has 1 heterocycles. The lowest BCUT2D eigenvalue weighted by atomic mass is 10.0. The summed E-state index contributed by atoms with van der Waals surface area (Å²) in [5.41, 5.74) is 12.2. The van der Waals surface area contributed by atoms with Gasteiger partial charge in [0.15, 0.2) is 0 Å². The molecule has 0 aliphatic carbocycles. The molecule has 3 rings (SSSR count). The number of fused-ring (bicyclic) bond motifs is 1. The monoisotopic (exact) mass is 353 g/mol. The van der Waals surface area contributed by atoms with Crippen molar-refractivity contribution < 1.29 is 4.74 Å². The number of thiocarbonyl (C=S) groups is 1. The van der Waals surface area contributed by atoms with Crippen LogP contribution in [0.4, 0.5) is 0 Å². The summed E-state index contributed by atoms with van der Waals surface area (Å²) in [5, 5.41) is 0. The Morgan fingerprint density at radius 2 is 2.04 bits per heavy atom. The third-order valence-electron chi connectivity index (χ3n) is 4.72. The van der Waals surface area contributed by atoms with Gasteiger partial charge in [-0.2, -0.15) is 0 Å². The molecule has 0 radical (unpaired) electrons. The predicted molar refractivity (Wildman–Crippen MR) is 106 cm³/mol. The Morgan fingerprint density at radius 3 is 2.72 bits per heavy atom. The summed E-state index contributed by atoms with van der Waals surface area (Å²) in [4.78, 5) is 5.00. The van der Waals surface area contributed by atoms with Crippen molar-refractivity contribution in [2.45, 2.75) is 33.8 Å². The summed E-state index contributed by atoms with van der Waals surface area (Å²) in [6, 6.07) is 10.2. The second kappa shape index (κ2) is 6.84. The topological polar surface area (TPSA) is 53.1 Å². The van der Waals surface area contributed by atoms with Crippen LogP contribution in [-0.4, -0.2) is 14.5 Å². The van der Waals surface area contributed by atoms with Crippen LogP contribution in [0.3, 0.4) is 0 Å². The Morgan fingerprint density at radius 1 is 1.28 bits per heavy atom. The van der Waals surface area contributed by atoms with Crippen LogP contribution in [-0.2, 0) is 20.1 Å². The summed E-state index contributed by atoms with van der Waals surface area (Å²) < 4.78 is 8.22. The van der Waals surface area contributed by atoms with Crippen LogP contribution in [0, 0.1) is 13.8 Å². The second-order valence-electron chi connectivity index (χ2n) is 6.28. The maximum absolute atomic E-state index is 6.20. The fourth-order valence-electron chi connectivity index (χ4n) is 3.08. The molecule has 0 atom stereocenters. The summed E-state index contributed by atoms with van der Waals surface area (Å²) in [5.74, 6) is 1.64. The van der Waals surface area contributed by atoms with Crippen LogP contribution in [0.1, 0.15) is 35.0 Å². The zero-order chi connectivity index (χ0) is 18.1. The minimum atomic E-state index is 0.357. The van der Waals surface area contributed by atoms with E-state index in [-0.39, 0.29) is 0 Å². The van der Waals surface area contributed by atoms with Crippen molar-refractivity contribution in [1.82, 2.24) is 9.55 Å². The van der Waals surface area contributed by atoms with Crippen molar-refractivity contribution in [3.63, 3.8) is 0 Å². The van der Waals surface area contributed by atoms with E-state index < -0.39 is 0 Å². The molecule has 0 spiro atoms. The highest BCUT2D eigenvalue weighted by Crippen LogP contribution is 2.29. The Balaban J connectivity index is 2.04. The van der Waals surface area contributed by atoms with Crippen molar-refractivity contribution in [2.75, 3.05) is 0 Å². The Bertz CT molecular complexity index is 959. The highest BCUT2D eigenvalue weighted by atomic mass is 32.1. The second-order valence-corrected chi connectivity index (χ2v) is 6.72. The number of hydrogen-bond acceptors (Lipinski definition) is 3. The maximum Gasteiger partial charge on any atom is 0.148 e. The van der Waals surface area contributed by atoms with E-state index in [0.29, 0.717) is 17.3 Å². The quantitative estimate of drug-likeness (QED) is 0.705. The van der Waals surface area contributed by atoms with E-state index in [9.17, 15) is 0 Å². The highest BCUT2D eigenvalue weighted by molar-refractivity contribution is 7.80. The van der Waals surface area contributed by atoms with Crippen molar-refractivity contribution in [1.29, 1.82) is 0 Å². The molecule has 2 aromatic carbocycles. The molecule has 4 nitrogen and oxygen atoms in total. The van der Waals surface area contributed by atoms with Gasteiger partial charge in [0.05, 0.1) is 5.52 Å². The van der Waals surface area contributed by atoms with Gasteiger partial charge >= 0.3 is 0 Å². The lowest BCUT2D eigenvalue weighted by Gasteiger charge is -2.14. The number of nitrogens with zero attached hydrogens (tertiary/aromatic N) is 2. The van der Waals surface area contributed by atoms with Gasteiger partial charge in [0.1, 0.15) is 28.7 Å². The molecule has 0 saturated carbocycles. The first-order valence-electron chi connectivity index (χ1n) is 8.39. The average Bonchev–Trinajstić information content (AvgIpc) is 2.88. The third-order valence-corrected chi connectivity index (χ3v) is 4.96. The number of benzene rings is 2. The number of nitrogens with two attached hydrogens (primary N) is 1. The van der Waals surface area contributed by atoms with Gasteiger partial charge in [0.25, 0.3) is 0 Å². The van der Waals surface area contributed by atoms with E-state index in [2.05, 4.69) is 37.0 Å². The Kier molecular flexibility index (Phi) is 4.77. The molecule has 1 aromatic heterocycles. The molecule has 0 fully saturated rings. The number of imidazole rings is 1. The van der Waals surface area contributed by atoms with Gasteiger partial charge in [-0.05, 0) is 49.1 Å². The molecule has 0 saturated heterocycles. The lowest BCUT2D eigenvalue weighted by Crippen LogP contribution is -2.10. The van der Waals surface area contributed by atoms with Crippen LogP contribution in [0.5, 0.6) is 5.75 Å². The minimum Gasteiger partial charge on any atom is -0.487 e. The van der Waals surface area contributed by atoms with Crippen molar-refractivity contribution >= 4 is 28.2 Å². The number of aryl methyl sites for hydroxylation is 4.